The van der Waals surface area contributed by atoms with Crippen molar-refractivity contribution in [3.8, 4) is 0 Å². The number of hydrogen-bond donors (Lipinski definition) is 2. The molecule has 0 aliphatic carbocycles. The zero-order valence-electron chi connectivity index (χ0n) is 12.8. The molecule has 2 aromatic rings. The monoisotopic (exact) mass is 373 g/mol. The van der Waals surface area contributed by atoms with Crippen molar-refractivity contribution in [1.82, 2.24) is 4.98 Å². The molecule has 23 heavy (non-hydrogen) atoms. The lowest BCUT2D eigenvalue weighted by molar-refractivity contribution is 0.603. The molecule has 120 valence electrons. The van der Waals surface area contributed by atoms with Crippen LogP contribution in [0.5, 0.6) is 0 Å². The number of rotatable bonds is 4. The van der Waals surface area contributed by atoms with Gasteiger partial charge in [0.05, 0.1) is 0 Å². The molecule has 1 aromatic heterocycles. The summed E-state index contributed by atoms with van der Waals surface area (Å²) in [6.07, 6.45) is 2.86. The molecule has 6 heteroatoms. The second-order valence-corrected chi connectivity index (χ2v) is 6.56. The predicted molar refractivity (Wildman–Crippen MR) is 98.8 cm³/mol. The third kappa shape index (κ3) is 4.45. The Labute approximate surface area is 144 Å². The summed E-state index contributed by atoms with van der Waals surface area (Å²) in [4.78, 5) is 11.0. The predicted octanol–water partition coefficient (Wildman–Crippen LogP) is 3.10. The Balaban J connectivity index is 1.52. The topological polar surface area (TPSA) is 66.5 Å². The summed E-state index contributed by atoms with van der Waals surface area (Å²) < 4.78 is 1.11. The van der Waals surface area contributed by atoms with E-state index in [1.807, 2.05) is 24.3 Å². The van der Waals surface area contributed by atoms with E-state index in [-0.39, 0.29) is 0 Å². The number of benzene rings is 1. The first-order valence-electron chi connectivity index (χ1n) is 7.69. The van der Waals surface area contributed by atoms with Crippen LogP contribution in [0.2, 0.25) is 0 Å². The van der Waals surface area contributed by atoms with Crippen molar-refractivity contribution in [2.75, 3.05) is 29.9 Å². The van der Waals surface area contributed by atoms with E-state index in [0.717, 1.165) is 36.3 Å². The summed E-state index contributed by atoms with van der Waals surface area (Å²) >= 11 is 3.53. The Morgan fingerprint density at radius 3 is 3.04 bits per heavy atom. The van der Waals surface area contributed by atoms with Gasteiger partial charge in [-0.05, 0) is 42.7 Å². The smallest absolute Gasteiger partial charge is 0.194 e. The zero-order chi connectivity index (χ0) is 16.1. The highest BCUT2D eigenvalue weighted by Crippen LogP contribution is 2.26. The van der Waals surface area contributed by atoms with E-state index < -0.39 is 0 Å². The lowest BCUT2D eigenvalue weighted by Gasteiger charge is -2.18. The highest BCUT2D eigenvalue weighted by atomic mass is 79.9. The largest absolute Gasteiger partial charge is 0.371 e. The summed E-state index contributed by atoms with van der Waals surface area (Å²) in [6, 6.07) is 14.1. The number of hydrogen-bond acceptors (Lipinski definition) is 3. The van der Waals surface area contributed by atoms with E-state index in [9.17, 15) is 0 Å². The van der Waals surface area contributed by atoms with Gasteiger partial charge in [0.1, 0.15) is 5.82 Å². The van der Waals surface area contributed by atoms with Crippen LogP contribution in [0.1, 0.15) is 6.42 Å². The molecule has 1 aliphatic rings. The fraction of sp³-hybridized carbons (Fsp3) is 0.294. The lowest BCUT2D eigenvalue weighted by Crippen LogP contribution is -2.25. The van der Waals surface area contributed by atoms with E-state index >= 15 is 0 Å². The van der Waals surface area contributed by atoms with Crippen molar-refractivity contribution in [2.45, 2.75) is 6.42 Å². The molecule has 2 heterocycles. The van der Waals surface area contributed by atoms with E-state index in [1.54, 1.807) is 6.20 Å². The molecule has 3 N–H and O–H groups in total. The second kappa shape index (κ2) is 7.46. The maximum atomic E-state index is 5.93. The maximum absolute atomic E-state index is 5.93. The number of aromatic nitrogens is 1. The van der Waals surface area contributed by atoms with Gasteiger partial charge in [-0.1, -0.05) is 28.1 Å². The highest BCUT2D eigenvalue weighted by Gasteiger charge is 2.22. The first kappa shape index (κ1) is 15.8. The van der Waals surface area contributed by atoms with Crippen molar-refractivity contribution in [3.05, 3.63) is 53.1 Å². The van der Waals surface area contributed by atoms with Gasteiger partial charge < -0.3 is 16.0 Å². The summed E-state index contributed by atoms with van der Waals surface area (Å²) in [5.74, 6) is 1.67. The van der Waals surface area contributed by atoms with Crippen LogP contribution in [0.15, 0.2) is 58.1 Å². The van der Waals surface area contributed by atoms with Crippen molar-refractivity contribution >= 4 is 33.4 Å². The lowest BCUT2D eigenvalue weighted by atomic mass is 10.1. The number of halogens is 1. The number of pyridine rings is 1. The average molecular weight is 374 g/mol. The van der Waals surface area contributed by atoms with Crippen molar-refractivity contribution in [3.63, 3.8) is 0 Å². The number of anilines is 2. The minimum Gasteiger partial charge on any atom is -0.371 e. The molecule has 0 amide bonds. The van der Waals surface area contributed by atoms with E-state index in [1.165, 1.54) is 5.69 Å². The maximum Gasteiger partial charge on any atom is 0.194 e. The third-order valence-electron chi connectivity index (χ3n) is 3.90. The van der Waals surface area contributed by atoms with Gasteiger partial charge in [0, 0.05) is 36.0 Å². The third-order valence-corrected chi connectivity index (χ3v) is 4.39. The molecule has 0 bridgehead atoms. The van der Waals surface area contributed by atoms with Crippen molar-refractivity contribution < 1.29 is 0 Å². The standard InChI is InChI=1S/C17H20BrN5/c18-14-4-3-5-15(10-14)23-9-7-13(12-23)11-21-17(19)22-16-6-1-2-8-20-16/h1-6,8,10,13H,7,9,11-12H2,(H3,19,20,21,22). The first-order valence-corrected chi connectivity index (χ1v) is 8.48. The summed E-state index contributed by atoms with van der Waals surface area (Å²) in [7, 11) is 0. The average Bonchev–Trinajstić information content (AvgIpc) is 3.03. The Morgan fingerprint density at radius 2 is 2.26 bits per heavy atom. The summed E-state index contributed by atoms with van der Waals surface area (Å²) in [5, 5.41) is 3.01. The van der Waals surface area contributed by atoms with Gasteiger partial charge in [-0.2, -0.15) is 0 Å². The molecule has 1 aromatic carbocycles. The van der Waals surface area contributed by atoms with Gasteiger partial charge in [0.15, 0.2) is 5.96 Å². The molecule has 1 saturated heterocycles. The van der Waals surface area contributed by atoms with Gasteiger partial charge >= 0.3 is 0 Å². The number of nitrogens with one attached hydrogen (secondary N) is 1. The number of nitrogens with two attached hydrogens (primary N) is 1. The van der Waals surface area contributed by atoms with Crippen LogP contribution in [0.3, 0.4) is 0 Å². The minimum atomic E-state index is 0.421. The Hall–Kier alpha value is -2.08. The summed E-state index contributed by atoms with van der Waals surface area (Å²) in [5.41, 5.74) is 7.18. The van der Waals surface area contributed by atoms with Gasteiger partial charge in [-0.15, -0.1) is 0 Å². The molecular weight excluding hydrogens is 354 g/mol. The van der Waals surface area contributed by atoms with Crippen molar-refractivity contribution in [1.29, 1.82) is 0 Å². The normalized spacial score (nSPS) is 18.2. The SMILES string of the molecule is NC(=NCC1CCN(c2cccc(Br)c2)C1)Nc1ccccn1. The molecule has 0 spiro atoms. The van der Waals surface area contributed by atoms with Crippen LogP contribution >= 0.6 is 15.9 Å². The van der Waals surface area contributed by atoms with Gasteiger partial charge in [-0.3, -0.25) is 4.99 Å². The second-order valence-electron chi connectivity index (χ2n) is 5.65. The number of nitrogens with zero attached hydrogens (tertiary/aromatic N) is 3. The Kier molecular flexibility index (Phi) is 5.12. The van der Waals surface area contributed by atoms with Crippen LogP contribution in [0, 0.1) is 5.92 Å². The minimum absolute atomic E-state index is 0.421. The molecule has 5 nitrogen and oxygen atoms in total. The molecule has 1 unspecified atom stereocenters. The molecule has 3 rings (SSSR count). The van der Waals surface area contributed by atoms with Crippen molar-refractivity contribution in [2.24, 2.45) is 16.6 Å². The molecule has 0 saturated carbocycles. The van der Waals surface area contributed by atoms with E-state index in [2.05, 4.69) is 54.3 Å². The quantitative estimate of drug-likeness (QED) is 0.638. The summed E-state index contributed by atoms with van der Waals surface area (Å²) in [6.45, 7) is 2.80. The van der Waals surface area contributed by atoms with Crippen LogP contribution in [-0.2, 0) is 0 Å². The van der Waals surface area contributed by atoms with Gasteiger partial charge in [0.25, 0.3) is 0 Å². The molecular formula is C17H20BrN5. The van der Waals surface area contributed by atoms with Crippen LogP contribution in [0.25, 0.3) is 0 Å². The first-order chi connectivity index (χ1) is 11.2. The highest BCUT2D eigenvalue weighted by molar-refractivity contribution is 9.10. The molecule has 1 atom stereocenters. The number of guanidine groups is 1. The van der Waals surface area contributed by atoms with Crippen LogP contribution < -0.4 is 16.0 Å². The Bertz CT molecular complexity index is 674. The molecule has 0 radical (unpaired) electrons. The van der Waals surface area contributed by atoms with Gasteiger partial charge in [-0.25, -0.2) is 4.98 Å². The number of aliphatic imine (C=N–C) groups is 1. The van der Waals surface area contributed by atoms with E-state index in [0.29, 0.717) is 11.9 Å². The zero-order valence-corrected chi connectivity index (χ0v) is 14.4. The molecule has 1 fully saturated rings. The Morgan fingerprint density at radius 1 is 1.35 bits per heavy atom. The van der Waals surface area contributed by atoms with Crippen LogP contribution in [-0.4, -0.2) is 30.6 Å². The van der Waals surface area contributed by atoms with Crippen LogP contribution in [0.4, 0.5) is 11.5 Å². The molecule has 1 aliphatic heterocycles. The van der Waals surface area contributed by atoms with Gasteiger partial charge in [0.2, 0.25) is 0 Å². The fourth-order valence-electron chi connectivity index (χ4n) is 2.72. The van der Waals surface area contributed by atoms with E-state index in [4.69, 9.17) is 5.73 Å². The fourth-order valence-corrected chi connectivity index (χ4v) is 3.11.